The predicted octanol–water partition coefficient (Wildman–Crippen LogP) is 5.62. The molecule has 0 amide bonds. The van der Waals surface area contributed by atoms with Gasteiger partial charge in [-0.25, -0.2) is 0 Å². The van der Waals surface area contributed by atoms with Gasteiger partial charge in [-0.3, -0.25) is 5.32 Å². The molecule has 3 aromatic rings. The fourth-order valence-electron chi connectivity index (χ4n) is 3.57. The van der Waals surface area contributed by atoms with Gasteiger partial charge in [0.2, 0.25) is 0 Å². The molecule has 26 heavy (non-hydrogen) atoms. The van der Waals surface area contributed by atoms with E-state index in [0.29, 0.717) is 5.75 Å². The molecule has 3 aromatic carbocycles. The molecule has 0 fully saturated rings. The van der Waals surface area contributed by atoms with Crippen molar-refractivity contribution in [3.8, 4) is 5.75 Å². The fourth-order valence-corrected chi connectivity index (χ4v) is 3.57. The molecule has 0 radical (unpaired) electrons. The van der Waals surface area contributed by atoms with Crippen LogP contribution < -0.4 is 5.32 Å². The molecule has 1 unspecified atom stereocenters. The molecule has 0 aromatic heterocycles. The van der Waals surface area contributed by atoms with Gasteiger partial charge in [-0.1, -0.05) is 98.6 Å². The molecule has 3 rings (SSSR count). The highest BCUT2D eigenvalue weighted by Crippen LogP contribution is 2.39. The lowest BCUT2D eigenvalue weighted by Gasteiger charge is -2.37. The molecule has 0 saturated heterocycles. The summed E-state index contributed by atoms with van der Waals surface area (Å²) in [6, 6.07) is 28.6. The Kier molecular flexibility index (Phi) is 6.08. The summed E-state index contributed by atoms with van der Waals surface area (Å²) in [6.07, 6.45) is 3.11. The summed E-state index contributed by atoms with van der Waals surface area (Å²) < 4.78 is 0. The molecule has 134 valence electrons. The summed E-state index contributed by atoms with van der Waals surface area (Å²) in [5.41, 5.74) is 2.94. The van der Waals surface area contributed by atoms with Gasteiger partial charge in [-0.15, -0.1) is 0 Å². The van der Waals surface area contributed by atoms with Gasteiger partial charge in [0.15, 0.2) is 0 Å². The molecule has 0 heterocycles. The van der Waals surface area contributed by atoms with E-state index in [1.807, 2.05) is 30.3 Å². The molecular weight excluding hydrogens is 318 g/mol. The van der Waals surface area contributed by atoms with Crippen molar-refractivity contribution >= 4 is 0 Å². The Morgan fingerprint density at radius 3 is 2.08 bits per heavy atom. The lowest BCUT2D eigenvalue weighted by molar-refractivity contribution is 0.341. The van der Waals surface area contributed by atoms with Crippen molar-refractivity contribution in [3.05, 3.63) is 102 Å². The average molecular weight is 345 g/mol. The Balaban J connectivity index is 2.07. The number of aromatic hydroxyl groups is 1. The maximum absolute atomic E-state index is 10.7. The summed E-state index contributed by atoms with van der Waals surface area (Å²) in [6.45, 7) is 2.95. The standard InChI is InChI=1S/C24H27NO/c1-2-3-18-24(21-14-8-5-9-15-21,22-16-10-11-17-23(22)26)25-19-20-12-6-4-7-13-20/h4-17,25-26H,2-3,18-19H2,1H3. The van der Waals surface area contributed by atoms with E-state index >= 15 is 0 Å². The topological polar surface area (TPSA) is 32.3 Å². The van der Waals surface area contributed by atoms with Crippen LogP contribution in [0.2, 0.25) is 0 Å². The Labute approximate surface area is 156 Å². The van der Waals surface area contributed by atoms with Crippen LogP contribution in [0.1, 0.15) is 42.9 Å². The first-order chi connectivity index (χ1) is 12.8. The smallest absolute Gasteiger partial charge is 0.120 e. The molecule has 2 nitrogen and oxygen atoms in total. The highest BCUT2D eigenvalue weighted by Gasteiger charge is 2.35. The van der Waals surface area contributed by atoms with Crippen molar-refractivity contribution in [1.29, 1.82) is 0 Å². The van der Waals surface area contributed by atoms with Crippen LogP contribution in [0.25, 0.3) is 0 Å². The minimum Gasteiger partial charge on any atom is -0.508 e. The second-order valence-electron chi connectivity index (χ2n) is 6.73. The maximum atomic E-state index is 10.7. The van der Waals surface area contributed by atoms with Crippen LogP contribution in [0.5, 0.6) is 5.75 Å². The molecule has 0 spiro atoms. The lowest BCUT2D eigenvalue weighted by Crippen LogP contribution is -2.43. The Bertz CT molecular complexity index is 801. The molecule has 0 aliphatic rings. The quantitative estimate of drug-likeness (QED) is 0.556. The molecule has 0 bridgehead atoms. The Morgan fingerprint density at radius 2 is 1.42 bits per heavy atom. The van der Waals surface area contributed by atoms with Gasteiger partial charge in [-0.2, -0.15) is 0 Å². The first-order valence-corrected chi connectivity index (χ1v) is 9.39. The summed E-state index contributed by atoms with van der Waals surface area (Å²) in [4.78, 5) is 0. The number of phenols is 1. The SMILES string of the molecule is CCCCC(NCc1ccccc1)(c1ccccc1)c1ccccc1O. The van der Waals surface area contributed by atoms with E-state index in [9.17, 15) is 5.11 Å². The molecular formula is C24H27NO. The van der Waals surface area contributed by atoms with Gasteiger partial charge < -0.3 is 5.11 Å². The van der Waals surface area contributed by atoms with E-state index in [4.69, 9.17) is 0 Å². The van der Waals surface area contributed by atoms with E-state index in [1.165, 1.54) is 11.1 Å². The second kappa shape index (κ2) is 8.68. The van der Waals surface area contributed by atoms with E-state index in [0.717, 1.165) is 31.4 Å². The van der Waals surface area contributed by atoms with Crippen LogP contribution in [0, 0.1) is 0 Å². The Morgan fingerprint density at radius 1 is 0.808 bits per heavy atom. The van der Waals surface area contributed by atoms with Gasteiger partial charge >= 0.3 is 0 Å². The summed E-state index contributed by atoms with van der Waals surface area (Å²) in [5, 5.41) is 14.5. The number of benzene rings is 3. The van der Waals surface area contributed by atoms with E-state index in [2.05, 4.69) is 60.8 Å². The van der Waals surface area contributed by atoms with Crippen LogP contribution in [-0.2, 0) is 12.1 Å². The molecule has 2 heteroatoms. The fraction of sp³-hybridized carbons (Fsp3) is 0.250. The molecule has 0 aliphatic carbocycles. The molecule has 2 N–H and O–H groups in total. The summed E-state index contributed by atoms with van der Waals surface area (Å²) in [7, 11) is 0. The third-order valence-electron chi connectivity index (χ3n) is 4.97. The monoisotopic (exact) mass is 345 g/mol. The van der Waals surface area contributed by atoms with Crippen LogP contribution >= 0.6 is 0 Å². The molecule has 0 aliphatic heterocycles. The number of rotatable bonds is 8. The zero-order chi connectivity index (χ0) is 18.2. The minimum atomic E-state index is -0.418. The Hall–Kier alpha value is -2.58. The molecule has 0 saturated carbocycles. The highest BCUT2D eigenvalue weighted by molar-refractivity contribution is 5.46. The largest absolute Gasteiger partial charge is 0.508 e. The van der Waals surface area contributed by atoms with E-state index in [-0.39, 0.29) is 0 Å². The van der Waals surface area contributed by atoms with Gasteiger partial charge in [-0.05, 0) is 23.6 Å². The highest BCUT2D eigenvalue weighted by atomic mass is 16.3. The van der Waals surface area contributed by atoms with E-state index in [1.54, 1.807) is 6.07 Å². The van der Waals surface area contributed by atoms with E-state index < -0.39 is 5.54 Å². The summed E-state index contributed by atoms with van der Waals surface area (Å²) >= 11 is 0. The third kappa shape index (κ3) is 3.97. The number of nitrogens with one attached hydrogen (secondary N) is 1. The number of phenolic OH excluding ortho intramolecular Hbond substituents is 1. The van der Waals surface area contributed by atoms with Crippen LogP contribution in [0.4, 0.5) is 0 Å². The minimum absolute atomic E-state index is 0.341. The normalized spacial score (nSPS) is 13.3. The number of para-hydroxylation sites is 1. The van der Waals surface area contributed by atoms with Crippen molar-refractivity contribution in [2.45, 2.75) is 38.3 Å². The van der Waals surface area contributed by atoms with Gasteiger partial charge in [0.05, 0.1) is 5.54 Å². The van der Waals surface area contributed by atoms with Crippen molar-refractivity contribution in [2.75, 3.05) is 0 Å². The van der Waals surface area contributed by atoms with Crippen molar-refractivity contribution < 1.29 is 5.11 Å². The van der Waals surface area contributed by atoms with Crippen LogP contribution in [0.15, 0.2) is 84.9 Å². The third-order valence-corrected chi connectivity index (χ3v) is 4.97. The van der Waals surface area contributed by atoms with Crippen molar-refractivity contribution in [1.82, 2.24) is 5.32 Å². The first-order valence-electron chi connectivity index (χ1n) is 9.39. The summed E-state index contributed by atoms with van der Waals surface area (Å²) in [5.74, 6) is 0.341. The number of hydrogen-bond acceptors (Lipinski definition) is 2. The number of unbranched alkanes of at least 4 members (excludes halogenated alkanes) is 1. The molecule has 1 atom stereocenters. The maximum Gasteiger partial charge on any atom is 0.120 e. The lowest BCUT2D eigenvalue weighted by atomic mass is 9.78. The first kappa shape index (κ1) is 18.2. The second-order valence-corrected chi connectivity index (χ2v) is 6.73. The van der Waals surface area contributed by atoms with Crippen molar-refractivity contribution in [2.24, 2.45) is 0 Å². The average Bonchev–Trinajstić information content (AvgIpc) is 2.71. The van der Waals surface area contributed by atoms with Crippen molar-refractivity contribution in [3.63, 3.8) is 0 Å². The number of hydrogen-bond donors (Lipinski definition) is 2. The van der Waals surface area contributed by atoms with Crippen LogP contribution in [-0.4, -0.2) is 5.11 Å². The van der Waals surface area contributed by atoms with Gasteiger partial charge in [0.1, 0.15) is 5.75 Å². The van der Waals surface area contributed by atoms with Gasteiger partial charge in [0, 0.05) is 12.1 Å². The predicted molar refractivity (Wildman–Crippen MR) is 108 cm³/mol. The zero-order valence-electron chi connectivity index (χ0n) is 15.4. The zero-order valence-corrected chi connectivity index (χ0v) is 15.4. The van der Waals surface area contributed by atoms with Gasteiger partial charge in [0.25, 0.3) is 0 Å². The van der Waals surface area contributed by atoms with Crippen LogP contribution in [0.3, 0.4) is 0 Å².